The summed E-state index contributed by atoms with van der Waals surface area (Å²) in [7, 11) is 1.93. The van der Waals surface area contributed by atoms with Gasteiger partial charge in [-0.1, -0.05) is 0 Å². The van der Waals surface area contributed by atoms with E-state index in [2.05, 4.69) is 5.32 Å². The molecule has 0 aromatic rings. The van der Waals surface area contributed by atoms with Gasteiger partial charge in [-0.3, -0.25) is 4.79 Å². The summed E-state index contributed by atoms with van der Waals surface area (Å²) in [5.41, 5.74) is 0. The van der Waals surface area contributed by atoms with E-state index in [9.17, 15) is 4.79 Å². The molecule has 2 fully saturated rings. The molecule has 2 saturated heterocycles. The molecule has 3 heteroatoms. The maximum absolute atomic E-state index is 11.2. The Kier molecular flexibility index (Phi) is 1.60. The summed E-state index contributed by atoms with van der Waals surface area (Å²) in [6.07, 6.45) is 1.89. The van der Waals surface area contributed by atoms with E-state index in [-0.39, 0.29) is 0 Å². The van der Waals surface area contributed by atoms with Crippen molar-refractivity contribution in [2.24, 2.45) is 5.92 Å². The van der Waals surface area contributed by atoms with Crippen molar-refractivity contribution >= 4 is 5.91 Å². The summed E-state index contributed by atoms with van der Waals surface area (Å²) in [5.74, 6) is 0.907. The summed E-state index contributed by atoms with van der Waals surface area (Å²) in [6, 6.07) is 0.531. The van der Waals surface area contributed by atoms with Gasteiger partial charge in [0.15, 0.2) is 0 Å². The minimum absolute atomic E-state index is 0.323. The molecule has 2 heterocycles. The predicted octanol–water partition coefficient (Wildman–Crippen LogP) is -0.173. The molecular weight excluding hydrogens is 140 g/mol. The number of carbonyl (C=O) groups excluding carboxylic acids is 1. The molecule has 0 aromatic carbocycles. The molecule has 0 spiro atoms. The summed E-state index contributed by atoms with van der Waals surface area (Å²) in [6.45, 7) is 2.10. The number of nitrogens with zero attached hydrogens (tertiary/aromatic N) is 1. The Morgan fingerprint density at radius 1 is 1.64 bits per heavy atom. The van der Waals surface area contributed by atoms with Crippen LogP contribution >= 0.6 is 0 Å². The minimum atomic E-state index is 0.323. The molecule has 2 aliphatic rings. The van der Waals surface area contributed by atoms with Crippen LogP contribution < -0.4 is 5.32 Å². The van der Waals surface area contributed by atoms with Crippen molar-refractivity contribution in [3.63, 3.8) is 0 Å². The van der Waals surface area contributed by atoms with Crippen LogP contribution in [-0.4, -0.2) is 37.0 Å². The first-order valence-corrected chi connectivity index (χ1v) is 4.25. The van der Waals surface area contributed by atoms with Gasteiger partial charge in [0.2, 0.25) is 5.91 Å². The van der Waals surface area contributed by atoms with Crippen LogP contribution in [0.5, 0.6) is 0 Å². The third-order valence-electron chi connectivity index (χ3n) is 2.90. The fraction of sp³-hybridized carbons (Fsp3) is 0.875. The van der Waals surface area contributed by atoms with Crippen molar-refractivity contribution in [1.29, 1.82) is 0 Å². The zero-order valence-corrected chi connectivity index (χ0v) is 6.84. The lowest BCUT2D eigenvalue weighted by Crippen LogP contribution is -2.42. The Balaban J connectivity index is 2.11. The molecule has 1 N–H and O–H groups in total. The number of likely N-dealkylation sites (tertiary alicyclic amines) is 1. The van der Waals surface area contributed by atoms with E-state index in [1.165, 1.54) is 0 Å². The zero-order valence-electron chi connectivity index (χ0n) is 6.84. The zero-order chi connectivity index (χ0) is 7.84. The molecule has 11 heavy (non-hydrogen) atoms. The van der Waals surface area contributed by atoms with Crippen LogP contribution in [-0.2, 0) is 4.79 Å². The largest absolute Gasteiger partial charge is 0.342 e. The maximum Gasteiger partial charge on any atom is 0.222 e. The highest BCUT2D eigenvalue weighted by Gasteiger charge is 2.38. The van der Waals surface area contributed by atoms with E-state index in [0.717, 1.165) is 25.9 Å². The van der Waals surface area contributed by atoms with Gasteiger partial charge in [0, 0.05) is 32.0 Å². The van der Waals surface area contributed by atoms with Crippen LogP contribution in [0.4, 0.5) is 0 Å². The van der Waals surface area contributed by atoms with Gasteiger partial charge >= 0.3 is 0 Å². The Labute approximate surface area is 66.8 Å². The number of hydrogen-bond acceptors (Lipinski definition) is 2. The fourth-order valence-electron chi connectivity index (χ4n) is 2.18. The number of hydrogen-bond donors (Lipinski definition) is 1. The highest BCUT2D eigenvalue weighted by molar-refractivity contribution is 5.79. The summed E-state index contributed by atoms with van der Waals surface area (Å²) < 4.78 is 0. The van der Waals surface area contributed by atoms with Gasteiger partial charge in [-0.25, -0.2) is 0 Å². The summed E-state index contributed by atoms with van der Waals surface area (Å²) >= 11 is 0. The van der Waals surface area contributed by atoms with Gasteiger partial charge in [-0.2, -0.15) is 0 Å². The Morgan fingerprint density at radius 3 is 3.18 bits per heavy atom. The molecule has 0 aliphatic carbocycles. The first-order chi connectivity index (χ1) is 5.29. The van der Waals surface area contributed by atoms with E-state index in [1.54, 1.807) is 0 Å². The Hall–Kier alpha value is -0.570. The van der Waals surface area contributed by atoms with Gasteiger partial charge in [-0.05, 0) is 13.0 Å². The van der Waals surface area contributed by atoms with Crippen LogP contribution in [0, 0.1) is 5.92 Å². The monoisotopic (exact) mass is 154 g/mol. The first kappa shape index (κ1) is 7.10. The molecule has 0 saturated carbocycles. The second-order valence-corrected chi connectivity index (χ2v) is 3.53. The normalized spacial score (nSPS) is 37.5. The van der Waals surface area contributed by atoms with E-state index >= 15 is 0 Å². The lowest BCUT2D eigenvalue weighted by Gasteiger charge is -2.29. The average Bonchev–Trinajstić information content (AvgIpc) is 2.30. The molecule has 62 valence electrons. The maximum atomic E-state index is 11.2. The Morgan fingerprint density at radius 2 is 2.45 bits per heavy atom. The lowest BCUT2D eigenvalue weighted by molar-refractivity contribution is -0.127. The summed E-state index contributed by atoms with van der Waals surface area (Å²) in [5, 5.41) is 3.32. The lowest BCUT2D eigenvalue weighted by atomic mass is 9.94. The molecule has 0 radical (unpaired) electrons. The molecule has 2 atom stereocenters. The van der Waals surface area contributed by atoms with Crippen LogP contribution in [0.1, 0.15) is 12.8 Å². The predicted molar refractivity (Wildman–Crippen MR) is 42.2 cm³/mol. The highest BCUT2D eigenvalue weighted by atomic mass is 16.2. The molecule has 0 bridgehead atoms. The standard InChI is InChI=1S/C8H14N2O/c1-10-7-2-3-9-5-6(7)4-8(10)11/h6-7,9H,2-5H2,1H3/t6-,7+/m1/s1. The highest BCUT2D eigenvalue weighted by Crippen LogP contribution is 2.27. The van der Waals surface area contributed by atoms with E-state index < -0.39 is 0 Å². The number of amides is 1. The third kappa shape index (κ3) is 1.03. The van der Waals surface area contributed by atoms with Crippen molar-refractivity contribution in [2.45, 2.75) is 18.9 Å². The van der Waals surface area contributed by atoms with E-state index in [1.807, 2.05) is 11.9 Å². The van der Waals surface area contributed by atoms with Gasteiger partial charge < -0.3 is 10.2 Å². The summed E-state index contributed by atoms with van der Waals surface area (Å²) in [4.78, 5) is 13.2. The second kappa shape index (κ2) is 2.48. The second-order valence-electron chi connectivity index (χ2n) is 3.53. The first-order valence-electron chi connectivity index (χ1n) is 4.25. The van der Waals surface area contributed by atoms with Crippen molar-refractivity contribution < 1.29 is 4.79 Å². The molecule has 3 nitrogen and oxygen atoms in total. The number of piperidine rings is 1. The molecule has 2 rings (SSSR count). The van der Waals surface area contributed by atoms with Crippen molar-refractivity contribution in [3.05, 3.63) is 0 Å². The third-order valence-corrected chi connectivity index (χ3v) is 2.90. The number of nitrogens with one attached hydrogen (secondary N) is 1. The van der Waals surface area contributed by atoms with Gasteiger partial charge in [-0.15, -0.1) is 0 Å². The number of rotatable bonds is 0. The van der Waals surface area contributed by atoms with Crippen molar-refractivity contribution in [3.8, 4) is 0 Å². The SMILES string of the molecule is CN1C(=O)C[C@@H]2CNCC[C@@H]21. The topological polar surface area (TPSA) is 32.3 Å². The van der Waals surface area contributed by atoms with Crippen LogP contribution in [0.25, 0.3) is 0 Å². The van der Waals surface area contributed by atoms with Crippen LogP contribution in [0.15, 0.2) is 0 Å². The van der Waals surface area contributed by atoms with Crippen LogP contribution in [0.3, 0.4) is 0 Å². The molecule has 0 aromatic heterocycles. The van der Waals surface area contributed by atoms with Gasteiger partial charge in [0.25, 0.3) is 0 Å². The van der Waals surface area contributed by atoms with Crippen LogP contribution in [0.2, 0.25) is 0 Å². The van der Waals surface area contributed by atoms with Gasteiger partial charge in [0.1, 0.15) is 0 Å². The molecule has 0 unspecified atom stereocenters. The van der Waals surface area contributed by atoms with Crippen molar-refractivity contribution in [1.82, 2.24) is 10.2 Å². The smallest absolute Gasteiger partial charge is 0.222 e. The number of carbonyl (C=O) groups is 1. The average molecular weight is 154 g/mol. The molecular formula is C8H14N2O. The quantitative estimate of drug-likeness (QED) is 0.525. The minimum Gasteiger partial charge on any atom is -0.342 e. The molecule has 2 aliphatic heterocycles. The fourth-order valence-corrected chi connectivity index (χ4v) is 2.18. The Bertz CT molecular complexity index is 181. The number of fused-ring (bicyclic) bond motifs is 1. The van der Waals surface area contributed by atoms with E-state index in [4.69, 9.17) is 0 Å². The molecule has 1 amide bonds. The van der Waals surface area contributed by atoms with Gasteiger partial charge in [0.05, 0.1) is 0 Å². The van der Waals surface area contributed by atoms with Crippen molar-refractivity contribution in [2.75, 3.05) is 20.1 Å². The van der Waals surface area contributed by atoms with E-state index in [0.29, 0.717) is 17.9 Å².